The lowest BCUT2D eigenvalue weighted by Crippen LogP contribution is -2.35. The zero-order valence-electron chi connectivity index (χ0n) is 11.9. The Hall–Kier alpha value is -1.78. The molecule has 1 fully saturated rings. The molecular formula is C15H21FN2O2. The van der Waals surface area contributed by atoms with Gasteiger partial charge in [0.15, 0.2) is 0 Å². The van der Waals surface area contributed by atoms with Gasteiger partial charge in [-0.3, -0.25) is 0 Å². The monoisotopic (exact) mass is 280 g/mol. The van der Waals surface area contributed by atoms with Crippen LogP contribution < -0.4 is 10.6 Å². The molecule has 1 aromatic carbocycles. The topological polar surface area (TPSA) is 66.6 Å². The molecule has 1 aliphatic rings. The van der Waals surface area contributed by atoms with Crippen molar-refractivity contribution >= 4 is 17.3 Å². The smallest absolute Gasteiger partial charge is 0.337 e. The predicted molar refractivity (Wildman–Crippen MR) is 77.5 cm³/mol. The minimum absolute atomic E-state index is 0.0317. The molecule has 3 N–H and O–H groups in total. The van der Waals surface area contributed by atoms with Gasteiger partial charge in [0.05, 0.1) is 11.3 Å². The van der Waals surface area contributed by atoms with E-state index in [1.807, 2.05) is 4.90 Å². The molecule has 20 heavy (non-hydrogen) atoms. The third-order valence-electron chi connectivity index (χ3n) is 4.17. The summed E-state index contributed by atoms with van der Waals surface area (Å²) in [5.74, 6) is -0.290. The highest BCUT2D eigenvalue weighted by Gasteiger charge is 2.24. The number of carboxylic acid groups (broad SMARTS) is 1. The minimum atomic E-state index is -1.12. The molecule has 1 heterocycles. The number of piperidine rings is 1. The minimum Gasteiger partial charge on any atom is -0.478 e. The maximum atomic E-state index is 14.0. The van der Waals surface area contributed by atoms with Gasteiger partial charge in [-0.2, -0.15) is 0 Å². The maximum absolute atomic E-state index is 14.0. The fraction of sp³-hybridized carbons (Fsp3) is 0.533. The summed E-state index contributed by atoms with van der Waals surface area (Å²) in [5, 5.41) is 9.07. The van der Waals surface area contributed by atoms with Gasteiger partial charge in [0.2, 0.25) is 0 Å². The van der Waals surface area contributed by atoms with Crippen LogP contribution in [0.4, 0.5) is 15.8 Å². The number of nitrogens with zero attached hydrogens (tertiary/aromatic N) is 1. The molecule has 5 heteroatoms. The van der Waals surface area contributed by atoms with E-state index in [0.29, 0.717) is 17.5 Å². The van der Waals surface area contributed by atoms with E-state index in [1.165, 1.54) is 6.07 Å². The lowest BCUT2D eigenvalue weighted by Gasteiger charge is -2.35. The molecule has 110 valence electrons. The first-order chi connectivity index (χ1) is 9.40. The molecule has 2 rings (SSSR count). The van der Waals surface area contributed by atoms with Crippen molar-refractivity contribution in [1.82, 2.24) is 0 Å². The summed E-state index contributed by atoms with van der Waals surface area (Å²) in [6, 6.07) is 2.45. The molecular weight excluding hydrogens is 259 g/mol. The van der Waals surface area contributed by atoms with Gasteiger partial charge in [-0.15, -0.1) is 0 Å². The van der Waals surface area contributed by atoms with Gasteiger partial charge in [-0.05, 0) is 36.8 Å². The number of anilines is 2. The molecule has 0 spiro atoms. The van der Waals surface area contributed by atoms with Gasteiger partial charge in [-0.1, -0.05) is 13.8 Å². The molecule has 0 radical (unpaired) electrons. The van der Waals surface area contributed by atoms with E-state index >= 15 is 0 Å². The van der Waals surface area contributed by atoms with E-state index in [2.05, 4.69) is 13.8 Å². The Balaban J connectivity index is 2.21. The molecule has 1 aromatic rings. The fourth-order valence-corrected chi connectivity index (χ4v) is 2.81. The van der Waals surface area contributed by atoms with Crippen LogP contribution in [0.1, 0.15) is 37.0 Å². The Morgan fingerprint density at radius 1 is 1.40 bits per heavy atom. The number of aromatic carboxylic acids is 1. The van der Waals surface area contributed by atoms with Crippen molar-refractivity contribution < 1.29 is 14.3 Å². The second-order valence-electron chi connectivity index (χ2n) is 5.76. The maximum Gasteiger partial charge on any atom is 0.337 e. The number of nitrogen functional groups attached to an aromatic ring is 1. The summed E-state index contributed by atoms with van der Waals surface area (Å²) in [7, 11) is 0. The van der Waals surface area contributed by atoms with E-state index in [4.69, 9.17) is 10.8 Å². The summed E-state index contributed by atoms with van der Waals surface area (Å²) < 4.78 is 14.0. The Labute approximate surface area is 118 Å². The average molecular weight is 280 g/mol. The van der Waals surface area contributed by atoms with Crippen molar-refractivity contribution in [1.29, 1.82) is 0 Å². The van der Waals surface area contributed by atoms with Gasteiger partial charge in [0, 0.05) is 18.8 Å². The van der Waals surface area contributed by atoms with Crippen LogP contribution >= 0.6 is 0 Å². The van der Waals surface area contributed by atoms with Crippen LogP contribution in [0.2, 0.25) is 0 Å². The number of benzene rings is 1. The van der Waals surface area contributed by atoms with Crippen molar-refractivity contribution in [2.75, 3.05) is 23.7 Å². The summed E-state index contributed by atoms with van der Waals surface area (Å²) >= 11 is 0. The first kappa shape index (κ1) is 14.6. The largest absolute Gasteiger partial charge is 0.478 e. The van der Waals surface area contributed by atoms with E-state index in [1.54, 1.807) is 0 Å². The van der Waals surface area contributed by atoms with Crippen LogP contribution in [-0.2, 0) is 0 Å². The normalized spacial score (nSPS) is 16.7. The van der Waals surface area contributed by atoms with Crippen LogP contribution in [0.5, 0.6) is 0 Å². The summed E-state index contributed by atoms with van der Waals surface area (Å²) in [4.78, 5) is 13.0. The molecule has 0 aromatic heterocycles. The second-order valence-corrected chi connectivity index (χ2v) is 5.76. The molecule has 1 saturated heterocycles. The summed E-state index contributed by atoms with van der Waals surface area (Å²) in [6.45, 7) is 5.91. The van der Waals surface area contributed by atoms with Gasteiger partial charge in [0.25, 0.3) is 0 Å². The zero-order chi connectivity index (χ0) is 14.9. The first-order valence-electron chi connectivity index (χ1n) is 6.97. The summed E-state index contributed by atoms with van der Waals surface area (Å²) in [5.41, 5.74) is 5.82. The number of carboxylic acids is 1. The lowest BCUT2D eigenvalue weighted by molar-refractivity contribution is 0.0698. The number of halogens is 1. The number of nitrogens with two attached hydrogens (primary N) is 1. The van der Waals surface area contributed by atoms with Crippen LogP contribution in [0.3, 0.4) is 0 Å². The Morgan fingerprint density at radius 2 is 2.00 bits per heavy atom. The highest BCUT2D eigenvalue weighted by atomic mass is 19.1. The molecule has 0 amide bonds. The van der Waals surface area contributed by atoms with Gasteiger partial charge in [0.1, 0.15) is 5.82 Å². The fourth-order valence-electron chi connectivity index (χ4n) is 2.81. The molecule has 0 aliphatic carbocycles. The van der Waals surface area contributed by atoms with Crippen molar-refractivity contribution in [2.45, 2.75) is 26.7 Å². The first-order valence-corrected chi connectivity index (χ1v) is 6.97. The average Bonchev–Trinajstić information content (AvgIpc) is 2.38. The van der Waals surface area contributed by atoms with E-state index in [-0.39, 0.29) is 11.3 Å². The number of carbonyl (C=O) groups is 1. The Kier molecular flexibility index (Phi) is 4.16. The third-order valence-corrected chi connectivity index (χ3v) is 4.17. The highest BCUT2D eigenvalue weighted by molar-refractivity contribution is 5.95. The Bertz CT molecular complexity index is 509. The van der Waals surface area contributed by atoms with E-state index in [9.17, 15) is 9.18 Å². The molecule has 0 bridgehead atoms. The third kappa shape index (κ3) is 2.86. The molecule has 0 saturated carbocycles. The Morgan fingerprint density at radius 3 is 2.50 bits per heavy atom. The van der Waals surface area contributed by atoms with E-state index in [0.717, 1.165) is 32.0 Å². The highest BCUT2D eigenvalue weighted by Crippen LogP contribution is 2.31. The van der Waals surface area contributed by atoms with Crippen molar-refractivity contribution in [3.05, 3.63) is 23.5 Å². The van der Waals surface area contributed by atoms with Crippen LogP contribution in [-0.4, -0.2) is 24.2 Å². The number of hydrogen-bond acceptors (Lipinski definition) is 3. The van der Waals surface area contributed by atoms with Gasteiger partial charge in [-0.25, -0.2) is 9.18 Å². The van der Waals surface area contributed by atoms with Gasteiger partial charge < -0.3 is 15.7 Å². The zero-order valence-corrected chi connectivity index (χ0v) is 11.9. The lowest BCUT2D eigenvalue weighted by atomic mass is 9.86. The summed E-state index contributed by atoms with van der Waals surface area (Å²) in [6.07, 6.45) is 2.01. The van der Waals surface area contributed by atoms with Crippen molar-refractivity contribution in [3.63, 3.8) is 0 Å². The molecule has 4 nitrogen and oxygen atoms in total. The van der Waals surface area contributed by atoms with Crippen molar-refractivity contribution in [2.24, 2.45) is 11.8 Å². The van der Waals surface area contributed by atoms with Crippen LogP contribution in [0, 0.1) is 17.7 Å². The molecule has 0 unspecified atom stereocenters. The van der Waals surface area contributed by atoms with Crippen molar-refractivity contribution in [3.8, 4) is 0 Å². The van der Waals surface area contributed by atoms with Crippen LogP contribution in [0.25, 0.3) is 0 Å². The standard InChI is InChI=1S/C15H21FN2O2/c1-9(2)10-3-5-18(6-4-10)14-7-11(15(19)20)13(17)8-12(14)16/h7-10H,3-6,17H2,1-2H3,(H,19,20). The van der Waals surface area contributed by atoms with Crippen LogP contribution in [0.15, 0.2) is 12.1 Å². The quantitative estimate of drug-likeness (QED) is 0.835. The molecule has 0 atom stereocenters. The SMILES string of the molecule is CC(C)C1CCN(c2cc(C(=O)O)c(N)cc2F)CC1. The second kappa shape index (κ2) is 5.69. The predicted octanol–water partition coefficient (Wildman–Crippen LogP) is 2.98. The molecule has 1 aliphatic heterocycles. The number of hydrogen-bond donors (Lipinski definition) is 2. The van der Waals surface area contributed by atoms with E-state index < -0.39 is 11.8 Å². The number of rotatable bonds is 3. The van der Waals surface area contributed by atoms with Gasteiger partial charge >= 0.3 is 5.97 Å².